The third-order valence-electron chi connectivity index (χ3n) is 2.20. The molecule has 0 heterocycles. The number of nitrogens with one attached hydrogen (secondary N) is 2. The predicted molar refractivity (Wildman–Crippen MR) is 73.2 cm³/mol. The van der Waals surface area contributed by atoms with Gasteiger partial charge in [-0.15, -0.1) is 0 Å². The number of sulfonamides is 1. The first-order valence-electron chi connectivity index (χ1n) is 5.08. The lowest BCUT2D eigenvalue weighted by Gasteiger charge is -2.19. The van der Waals surface area contributed by atoms with Gasteiger partial charge >= 0.3 is 6.09 Å². The first-order chi connectivity index (χ1) is 8.70. The molecule has 1 unspecified atom stereocenters. The molecule has 1 aromatic carbocycles. The molecule has 0 fully saturated rings. The summed E-state index contributed by atoms with van der Waals surface area (Å²) < 4.78 is 24.3. The molecule has 1 atom stereocenters. The molecule has 1 aromatic rings. The highest BCUT2D eigenvalue weighted by Gasteiger charge is 2.19. The minimum atomic E-state index is -3.44. The lowest BCUT2D eigenvalue weighted by molar-refractivity contribution is 0.190. The van der Waals surface area contributed by atoms with Gasteiger partial charge in [0.1, 0.15) is 0 Å². The van der Waals surface area contributed by atoms with Crippen LogP contribution in [0.2, 0.25) is 10.0 Å². The Morgan fingerprint density at radius 3 is 2.58 bits per heavy atom. The second-order valence-electron chi connectivity index (χ2n) is 3.77. The van der Waals surface area contributed by atoms with Crippen LogP contribution >= 0.6 is 23.2 Å². The second kappa shape index (κ2) is 6.42. The molecular weight excluding hydrogens is 315 g/mol. The van der Waals surface area contributed by atoms with Crippen molar-refractivity contribution in [1.29, 1.82) is 0 Å². The van der Waals surface area contributed by atoms with Crippen molar-refractivity contribution in [3.8, 4) is 0 Å². The monoisotopic (exact) mass is 326 g/mol. The quantitative estimate of drug-likeness (QED) is 0.769. The molecule has 0 aromatic heterocycles. The standard InChI is InChI=1S/C10H12Cl2N2O4S/c1-19(17,18)13-5-8(14-10(15)16)6-3-2-4-7(11)9(6)12/h2-4,8,13-14H,5H2,1H3,(H,15,16). The Bertz CT molecular complexity index is 577. The van der Waals surface area contributed by atoms with E-state index in [4.69, 9.17) is 28.3 Å². The molecule has 0 saturated carbocycles. The van der Waals surface area contributed by atoms with Crippen molar-refractivity contribution < 1.29 is 18.3 Å². The zero-order valence-electron chi connectivity index (χ0n) is 9.85. The van der Waals surface area contributed by atoms with Crippen LogP contribution in [0, 0.1) is 0 Å². The van der Waals surface area contributed by atoms with E-state index >= 15 is 0 Å². The summed E-state index contributed by atoms with van der Waals surface area (Å²) in [6.07, 6.45) is -0.318. The van der Waals surface area contributed by atoms with E-state index in [2.05, 4.69) is 10.0 Å². The van der Waals surface area contributed by atoms with Crippen LogP contribution in [0.1, 0.15) is 11.6 Å². The number of hydrogen-bond acceptors (Lipinski definition) is 3. The number of hydrogen-bond donors (Lipinski definition) is 3. The molecular formula is C10H12Cl2N2O4S. The first-order valence-corrected chi connectivity index (χ1v) is 7.73. The maximum absolute atomic E-state index is 11.1. The largest absolute Gasteiger partial charge is 0.465 e. The summed E-state index contributed by atoms with van der Waals surface area (Å²) >= 11 is 11.8. The zero-order chi connectivity index (χ0) is 14.6. The van der Waals surface area contributed by atoms with Crippen molar-refractivity contribution in [1.82, 2.24) is 10.0 Å². The van der Waals surface area contributed by atoms with Crippen LogP contribution in [0.5, 0.6) is 0 Å². The lowest BCUT2D eigenvalue weighted by Crippen LogP contribution is -2.37. The summed E-state index contributed by atoms with van der Waals surface area (Å²) in [6, 6.07) is 3.88. The van der Waals surface area contributed by atoms with Gasteiger partial charge in [-0.05, 0) is 11.6 Å². The van der Waals surface area contributed by atoms with Gasteiger partial charge in [-0.3, -0.25) is 0 Å². The van der Waals surface area contributed by atoms with E-state index in [9.17, 15) is 13.2 Å². The van der Waals surface area contributed by atoms with Crippen molar-refractivity contribution in [3.63, 3.8) is 0 Å². The van der Waals surface area contributed by atoms with Gasteiger partial charge in [-0.2, -0.15) is 0 Å². The average molecular weight is 327 g/mol. The van der Waals surface area contributed by atoms with Crippen LogP contribution in [0.4, 0.5) is 4.79 Å². The summed E-state index contributed by atoms with van der Waals surface area (Å²) in [5, 5.41) is 11.4. The van der Waals surface area contributed by atoms with Gasteiger partial charge in [0.25, 0.3) is 0 Å². The minimum Gasteiger partial charge on any atom is -0.465 e. The Hall–Kier alpha value is -1.02. The maximum atomic E-state index is 11.1. The van der Waals surface area contributed by atoms with Gasteiger partial charge in [-0.1, -0.05) is 35.3 Å². The molecule has 0 radical (unpaired) electrons. The molecule has 0 aliphatic rings. The fraction of sp³-hybridized carbons (Fsp3) is 0.300. The summed E-state index contributed by atoms with van der Waals surface area (Å²) in [5.41, 5.74) is 0.396. The van der Waals surface area contributed by atoms with Gasteiger partial charge in [0.05, 0.1) is 22.3 Å². The van der Waals surface area contributed by atoms with E-state index in [1.54, 1.807) is 18.2 Å². The molecule has 0 bridgehead atoms. The van der Waals surface area contributed by atoms with Gasteiger partial charge in [-0.25, -0.2) is 17.9 Å². The number of carbonyl (C=O) groups is 1. The number of halogens is 2. The van der Waals surface area contributed by atoms with Crippen LogP contribution in [-0.4, -0.2) is 32.4 Å². The predicted octanol–water partition coefficient (Wildman–Crippen LogP) is 1.85. The molecule has 3 N–H and O–H groups in total. The topological polar surface area (TPSA) is 95.5 Å². The van der Waals surface area contributed by atoms with Crippen LogP contribution in [-0.2, 0) is 10.0 Å². The number of rotatable bonds is 5. The fourth-order valence-electron chi connectivity index (χ4n) is 1.41. The van der Waals surface area contributed by atoms with E-state index in [1.165, 1.54) is 0 Å². The summed E-state index contributed by atoms with van der Waals surface area (Å²) in [7, 11) is -3.44. The summed E-state index contributed by atoms with van der Waals surface area (Å²) in [4.78, 5) is 10.7. The van der Waals surface area contributed by atoms with Crippen LogP contribution in [0.3, 0.4) is 0 Å². The number of benzene rings is 1. The van der Waals surface area contributed by atoms with Crippen LogP contribution in [0.15, 0.2) is 18.2 Å². The molecule has 0 aliphatic heterocycles. The Morgan fingerprint density at radius 1 is 1.42 bits per heavy atom. The molecule has 6 nitrogen and oxygen atoms in total. The van der Waals surface area contributed by atoms with E-state index < -0.39 is 22.2 Å². The molecule has 0 aliphatic carbocycles. The minimum absolute atomic E-state index is 0.162. The first kappa shape index (κ1) is 16.0. The molecule has 0 spiro atoms. The Morgan fingerprint density at radius 2 is 2.05 bits per heavy atom. The van der Waals surface area contributed by atoms with Crippen LogP contribution < -0.4 is 10.0 Å². The molecule has 19 heavy (non-hydrogen) atoms. The Labute approximate surface area is 120 Å². The summed E-state index contributed by atoms with van der Waals surface area (Å²) in [6.45, 7) is -0.162. The molecule has 1 amide bonds. The SMILES string of the molecule is CS(=O)(=O)NCC(NC(=O)O)c1cccc(Cl)c1Cl. The van der Waals surface area contributed by atoms with Gasteiger partial charge in [0.15, 0.2) is 0 Å². The second-order valence-corrected chi connectivity index (χ2v) is 6.38. The van der Waals surface area contributed by atoms with E-state index in [0.29, 0.717) is 5.56 Å². The lowest BCUT2D eigenvalue weighted by atomic mass is 10.1. The van der Waals surface area contributed by atoms with Crippen LogP contribution in [0.25, 0.3) is 0 Å². The van der Waals surface area contributed by atoms with Gasteiger partial charge in [0.2, 0.25) is 10.0 Å². The maximum Gasteiger partial charge on any atom is 0.405 e. The van der Waals surface area contributed by atoms with E-state index in [-0.39, 0.29) is 16.6 Å². The van der Waals surface area contributed by atoms with Crippen molar-refractivity contribution >= 4 is 39.3 Å². The Kier molecular flexibility index (Phi) is 5.42. The smallest absolute Gasteiger partial charge is 0.405 e. The average Bonchev–Trinajstić information content (AvgIpc) is 2.27. The molecule has 1 rings (SSSR count). The summed E-state index contributed by atoms with van der Waals surface area (Å²) in [5.74, 6) is 0. The molecule has 106 valence electrons. The molecule has 9 heteroatoms. The van der Waals surface area contributed by atoms with Crippen molar-refractivity contribution in [3.05, 3.63) is 33.8 Å². The third-order valence-corrected chi connectivity index (χ3v) is 3.73. The zero-order valence-corrected chi connectivity index (χ0v) is 12.2. The highest BCUT2D eigenvalue weighted by Crippen LogP contribution is 2.29. The highest BCUT2D eigenvalue weighted by atomic mass is 35.5. The number of amides is 1. The molecule has 0 saturated heterocycles. The fourth-order valence-corrected chi connectivity index (χ4v) is 2.32. The van der Waals surface area contributed by atoms with Gasteiger partial charge in [0, 0.05) is 6.54 Å². The van der Waals surface area contributed by atoms with Crippen molar-refractivity contribution in [2.24, 2.45) is 0 Å². The number of carboxylic acid groups (broad SMARTS) is 1. The van der Waals surface area contributed by atoms with E-state index in [0.717, 1.165) is 6.26 Å². The van der Waals surface area contributed by atoms with Crippen molar-refractivity contribution in [2.75, 3.05) is 12.8 Å². The van der Waals surface area contributed by atoms with Crippen molar-refractivity contribution in [2.45, 2.75) is 6.04 Å². The normalized spacial score (nSPS) is 13.0. The Balaban J connectivity index is 3.02. The van der Waals surface area contributed by atoms with Gasteiger partial charge < -0.3 is 10.4 Å². The third kappa shape index (κ3) is 5.23. The van der Waals surface area contributed by atoms with E-state index in [1.807, 2.05) is 0 Å². The highest BCUT2D eigenvalue weighted by molar-refractivity contribution is 7.88.